The van der Waals surface area contributed by atoms with Gasteiger partial charge in [0.1, 0.15) is 11.9 Å². The number of aromatic nitrogens is 3. The molecule has 0 aliphatic heterocycles. The number of nitrogens with zero attached hydrogens (tertiary/aromatic N) is 4. The minimum Gasteiger partial charge on any atom is -0.473 e. The summed E-state index contributed by atoms with van der Waals surface area (Å²) in [6.07, 6.45) is 6.39. The minimum atomic E-state index is -0.0518. The van der Waals surface area contributed by atoms with Gasteiger partial charge in [-0.05, 0) is 37.3 Å². The monoisotopic (exact) mass is 390 g/mol. The largest absolute Gasteiger partial charge is 0.473 e. The molecule has 150 valence electrons. The molecule has 0 spiro atoms. The summed E-state index contributed by atoms with van der Waals surface area (Å²) in [7, 11) is 0. The molecule has 0 radical (unpaired) electrons. The number of anilines is 3. The predicted octanol–water partition coefficient (Wildman–Crippen LogP) is 5.03. The van der Waals surface area contributed by atoms with Crippen molar-refractivity contribution in [3.8, 4) is 11.9 Å². The molecule has 0 unspecified atom stereocenters. The Hall–Kier alpha value is -3.40. The van der Waals surface area contributed by atoms with Crippen molar-refractivity contribution in [3.63, 3.8) is 0 Å². The molecule has 2 N–H and O–H groups in total. The Morgan fingerprint density at radius 1 is 1.17 bits per heavy atom. The van der Waals surface area contributed by atoms with Crippen molar-refractivity contribution >= 4 is 28.1 Å². The lowest BCUT2D eigenvalue weighted by molar-refractivity contribution is 0.207. The molecule has 1 aromatic carbocycles. The van der Waals surface area contributed by atoms with Crippen LogP contribution in [0.5, 0.6) is 5.88 Å². The van der Waals surface area contributed by atoms with Crippen LogP contribution in [0.3, 0.4) is 0 Å². The third-order valence-corrected chi connectivity index (χ3v) is 4.60. The van der Waals surface area contributed by atoms with Crippen molar-refractivity contribution in [1.29, 1.82) is 5.26 Å². The van der Waals surface area contributed by atoms with Crippen molar-refractivity contribution in [1.82, 2.24) is 15.0 Å². The van der Waals surface area contributed by atoms with Crippen LogP contribution in [-0.4, -0.2) is 27.6 Å². The lowest BCUT2D eigenvalue weighted by Crippen LogP contribution is -2.13. The number of pyridine rings is 1. The topological polar surface area (TPSA) is 95.8 Å². The standard InChI is InChI=1S/C22H26N6O/c1-4-6-10-24-18-9-7-8-16-11-20(26-13-17(16)18)27-21-14-25-19(12-23)22(28-21)29-15(3)5-2/h7-9,11,13-15,24H,4-6,10H2,1-3H3,(H,26,27,28)/t15-/m1/s1. The SMILES string of the molecule is CCCCNc1cccc2cc(Nc3cnc(C#N)c(O[C@H](C)CC)n3)ncc12. The lowest BCUT2D eigenvalue weighted by atomic mass is 10.1. The van der Waals surface area contributed by atoms with E-state index in [9.17, 15) is 5.26 Å². The molecule has 29 heavy (non-hydrogen) atoms. The molecule has 0 fully saturated rings. The van der Waals surface area contributed by atoms with Gasteiger partial charge in [0.15, 0.2) is 5.82 Å². The second-order valence-electron chi connectivity index (χ2n) is 6.86. The number of fused-ring (bicyclic) bond motifs is 1. The maximum atomic E-state index is 9.24. The summed E-state index contributed by atoms with van der Waals surface area (Å²) in [5.74, 6) is 1.36. The Bertz CT molecular complexity index is 1010. The summed E-state index contributed by atoms with van der Waals surface area (Å²) in [5.41, 5.74) is 1.25. The lowest BCUT2D eigenvalue weighted by Gasteiger charge is -2.14. The molecule has 2 aromatic heterocycles. The molecular weight excluding hydrogens is 364 g/mol. The molecule has 3 aromatic rings. The first kappa shape index (κ1) is 20.3. The second kappa shape index (κ2) is 9.69. The van der Waals surface area contributed by atoms with Gasteiger partial charge in [0.05, 0.1) is 12.3 Å². The highest BCUT2D eigenvalue weighted by molar-refractivity contribution is 5.94. The maximum absolute atomic E-state index is 9.24. The summed E-state index contributed by atoms with van der Waals surface area (Å²) in [6, 6.07) is 10.1. The highest BCUT2D eigenvalue weighted by atomic mass is 16.5. The molecule has 1 atom stereocenters. The van der Waals surface area contributed by atoms with Crippen LogP contribution in [0.1, 0.15) is 45.7 Å². The van der Waals surface area contributed by atoms with Crippen molar-refractivity contribution in [2.75, 3.05) is 17.2 Å². The molecule has 0 bridgehead atoms. The Morgan fingerprint density at radius 2 is 2.03 bits per heavy atom. The van der Waals surface area contributed by atoms with E-state index in [1.54, 1.807) is 0 Å². The van der Waals surface area contributed by atoms with Gasteiger partial charge in [-0.1, -0.05) is 32.4 Å². The molecular formula is C22H26N6O. The summed E-state index contributed by atoms with van der Waals surface area (Å²) in [4.78, 5) is 13.1. The zero-order valence-corrected chi connectivity index (χ0v) is 17.1. The highest BCUT2D eigenvalue weighted by Crippen LogP contribution is 2.26. The Kier molecular flexibility index (Phi) is 6.80. The fourth-order valence-corrected chi connectivity index (χ4v) is 2.79. The number of ether oxygens (including phenoxy) is 1. The average molecular weight is 390 g/mol. The van der Waals surface area contributed by atoms with Crippen LogP contribution in [0.15, 0.2) is 36.7 Å². The van der Waals surface area contributed by atoms with E-state index in [2.05, 4.69) is 44.6 Å². The number of rotatable bonds is 9. The van der Waals surface area contributed by atoms with E-state index in [-0.39, 0.29) is 17.7 Å². The number of benzene rings is 1. The van der Waals surface area contributed by atoms with Crippen molar-refractivity contribution < 1.29 is 4.74 Å². The van der Waals surface area contributed by atoms with E-state index in [0.717, 1.165) is 42.3 Å². The van der Waals surface area contributed by atoms with Gasteiger partial charge in [0, 0.05) is 23.8 Å². The van der Waals surface area contributed by atoms with Crippen molar-refractivity contribution in [3.05, 3.63) is 42.4 Å². The van der Waals surface area contributed by atoms with E-state index in [1.807, 2.05) is 38.2 Å². The summed E-state index contributed by atoms with van der Waals surface area (Å²) < 4.78 is 5.73. The molecule has 7 heteroatoms. The molecule has 7 nitrogen and oxygen atoms in total. The molecule has 0 amide bonds. The zero-order chi connectivity index (χ0) is 20.6. The summed E-state index contributed by atoms with van der Waals surface area (Å²) >= 11 is 0. The minimum absolute atomic E-state index is 0.0518. The van der Waals surface area contributed by atoms with Crippen LogP contribution in [0.2, 0.25) is 0 Å². The van der Waals surface area contributed by atoms with Crippen LogP contribution < -0.4 is 15.4 Å². The van der Waals surface area contributed by atoms with Crippen LogP contribution in [-0.2, 0) is 0 Å². The first-order valence-corrected chi connectivity index (χ1v) is 9.98. The molecule has 0 saturated heterocycles. The van der Waals surface area contributed by atoms with Gasteiger partial charge in [-0.2, -0.15) is 10.2 Å². The summed E-state index contributed by atoms with van der Waals surface area (Å²) in [5, 5.41) is 18.0. The number of nitriles is 1. The second-order valence-corrected chi connectivity index (χ2v) is 6.86. The summed E-state index contributed by atoms with van der Waals surface area (Å²) in [6.45, 7) is 7.06. The van der Waals surface area contributed by atoms with Gasteiger partial charge < -0.3 is 15.4 Å². The van der Waals surface area contributed by atoms with Gasteiger partial charge in [-0.25, -0.2) is 9.97 Å². The average Bonchev–Trinajstić information content (AvgIpc) is 2.74. The smallest absolute Gasteiger partial charge is 0.253 e. The maximum Gasteiger partial charge on any atom is 0.253 e. The van der Waals surface area contributed by atoms with Gasteiger partial charge in [-0.3, -0.25) is 0 Å². The van der Waals surface area contributed by atoms with Gasteiger partial charge in [0.25, 0.3) is 5.88 Å². The number of unbranched alkanes of at least 4 members (excludes halogenated alkanes) is 1. The predicted molar refractivity (Wildman–Crippen MR) is 116 cm³/mol. The molecule has 3 rings (SSSR count). The molecule has 0 aliphatic carbocycles. The number of hydrogen-bond acceptors (Lipinski definition) is 7. The third kappa shape index (κ3) is 5.11. The number of hydrogen-bond donors (Lipinski definition) is 2. The van der Waals surface area contributed by atoms with E-state index < -0.39 is 0 Å². The van der Waals surface area contributed by atoms with Crippen LogP contribution >= 0.6 is 0 Å². The van der Waals surface area contributed by atoms with Gasteiger partial charge >= 0.3 is 0 Å². The van der Waals surface area contributed by atoms with E-state index in [4.69, 9.17) is 4.74 Å². The first-order chi connectivity index (χ1) is 14.1. The molecule has 0 saturated carbocycles. The fraction of sp³-hybridized carbons (Fsp3) is 0.364. The number of nitrogens with one attached hydrogen (secondary N) is 2. The van der Waals surface area contributed by atoms with E-state index >= 15 is 0 Å². The van der Waals surface area contributed by atoms with Crippen molar-refractivity contribution in [2.45, 2.75) is 46.1 Å². The first-order valence-electron chi connectivity index (χ1n) is 9.98. The zero-order valence-electron chi connectivity index (χ0n) is 17.1. The molecule has 2 heterocycles. The van der Waals surface area contributed by atoms with Gasteiger partial charge in [0.2, 0.25) is 5.69 Å². The van der Waals surface area contributed by atoms with E-state index in [0.29, 0.717) is 11.6 Å². The highest BCUT2D eigenvalue weighted by Gasteiger charge is 2.12. The molecule has 0 aliphatic rings. The Labute approximate surface area is 171 Å². The van der Waals surface area contributed by atoms with Crippen LogP contribution in [0.4, 0.5) is 17.3 Å². The normalized spacial score (nSPS) is 11.7. The Balaban J connectivity index is 1.83. The van der Waals surface area contributed by atoms with Crippen molar-refractivity contribution in [2.24, 2.45) is 0 Å². The van der Waals surface area contributed by atoms with E-state index in [1.165, 1.54) is 6.20 Å². The quantitative estimate of drug-likeness (QED) is 0.495. The van der Waals surface area contributed by atoms with Crippen LogP contribution in [0.25, 0.3) is 10.8 Å². The van der Waals surface area contributed by atoms with Gasteiger partial charge in [-0.15, -0.1) is 0 Å². The fourth-order valence-electron chi connectivity index (χ4n) is 2.79. The van der Waals surface area contributed by atoms with Crippen LogP contribution in [0, 0.1) is 11.3 Å². The third-order valence-electron chi connectivity index (χ3n) is 4.60. The Morgan fingerprint density at radius 3 is 2.79 bits per heavy atom.